The van der Waals surface area contributed by atoms with Crippen molar-refractivity contribution < 1.29 is 56.9 Å². The summed E-state index contributed by atoms with van der Waals surface area (Å²) < 4.78 is 8.77. The summed E-state index contributed by atoms with van der Waals surface area (Å²) in [5.41, 5.74) is 0. The smallest absolute Gasteiger partial charge is 0.756 e. The van der Waals surface area contributed by atoms with Gasteiger partial charge in [-0.25, -0.2) is 0 Å². The van der Waals surface area contributed by atoms with Gasteiger partial charge in [0.2, 0.25) is 0 Å². The summed E-state index contributed by atoms with van der Waals surface area (Å²) in [5.74, 6) is 0. The van der Waals surface area contributed by atoms with E-state index < -0.39 is 7.82 Å². The van der Waals surface area contributed by atoms with Crippen molar-refractivity contribution in [3.05, 3.63) is 0 Å². The fourth-order valence-electron chi connectivity index (χ4n) is 0. The molecule has 0 aromatic carbocycles. The molecule has 0 aliphatic heterocycles. The van der Waals surface area contributed by atoms with Gasteiger partial charge < -0.3 is 14.7 Å². The molecule has 0 amide bonds. The van der Waals surface area contributed by atoms with Gasteiger partial charge in [-0.15, -0.1) is 0 Å². The molecule has 0 unspecified atom stereocenters. The summed E-state index contributed by atoms with van der Waals surface area (Å²) in [6.07, 6.45) is 0. The minimum Gasteiger partial charge on any atom is -0.756 e. The maximum atomic E-state index is 8.77. The number of hydrogen-bond acceptors (Lipinski definition) is 2. The van der Waals surface area contributed by atoms with E-state index in [1.165, 1.54) is 0 Å². The second-order valence-corrected chi connectivity index (χ2v) is 1.47. The van der Waals surface area contributed by atoms with E-state index in [1.54, 1.807) is 0 Å². The van der Waals surface area contributed by atoms with E-state index >= 15 is 0 Å². The fourth-order valence-corrected chi connectivity index (χ4v) is 0. The summed E-state index contributed by atoms with van der Waals surface area (Å²) in [7, 11) is -4.89. The Labute approximate surface area is 65.5 Å². The van der Waals surface area contributed by atoms with Crippen molar-refractivity contribution in [3.63, 3.8) is 0 Å². The topological polar surface area (TPSA) is 80.6 Å². The Morgan fingerprint density at radius 1 is 1.00 bits per heavy atom. The van der Waals surface area contributed by atoms with E-state index in [1.807, 2.05) is 0 Å². The molecular weight excluding hydrogens is 178 g/mol. The summed E-state index contributed by atoms with van der Waals surface area (Å²) >= 11 is 0. The number of rotatable bonds is 0. The average Bonchev–Trinajstić information content (AvgIpc) is 0.722. The zero-order valence-electron chi connectivity index (χ0n) is 4.79. The molecule has 0 aromatic heterocycles. The van der Waals surface area contributed by atoms with Gasteiger partial charge in [-0.2, -0.15) is 0 Å². The zero-order chi connectivity index (χ0) is 4.50. The average molecular weight is 184 g/mol. The van der Waals surface area contributed by atoms with Crippen molar-refractivity contribution in [1.82, 2.24) is 0 Å². The molecule has 0 heterocycles. The van der Waals surface area contributed by atoms with Gasteiger partial charge in [0.05, 0.1) is 0 Å². The molecule has 0 saturated heterocycles. The molecule has 0 spiro atoms. The molecule has 0 aromatic rings. The Hall–Kier alpha value is 0.427. The van der Waals surface area contributed by atoms with E-state index in [0.717, 1.165) is 0 Å². The largest absolute Gasteiger partial charge is 1.00 e. The van der Waals surface area contributed by atoms with Gasteiger partial charge in [0.15, 0.2) is 0 Å². The number of hydrogen-bond donors (Lipinski definition) is 2. The van der Waals surface area contributed by atoms with E-state index in [0.29, 0.717) is 0 Å². The molecule has 0 atom stereocenters. The summed E-state index contributed by atoms with van der Waals surface area (Å²) in [6.45, 7) is 0. The van der Waals surface area contributed by atoms with Crippen molar-refractivity contribution in [1.29, 1.82) is 0 Å². The first kappa shape index (κ1) is 47.3. The van der Waals surface area contributed by atoms with Crippen LogP contribution in [0, 0.1) is 0 Å². The monoisotopic (exact) mass is 184 g/mol. The van der Waals surface area contributed by atoms with Crippen LogP contribution in [0.3, 0.4) is 0 Å². The van der Waals surface area contributed by atoms with Crippen LogP contribution >= 0.6 is 7.82 Å². The molecule has 0 aliphatic rings. The Balaban J connectivity index is -0.00000000800. The molecule has 2 N–H and O–H groups in total. The Morgan fingerprint density at radius 2 is 1.00 bits per heavy atom. The van der Waals surface area contributed by atoms with Crippen LogP contribution in [0.2, 0.25) is 0 Å². The van der Waals surface area contributed by atoms with Crippen LogP contribution in [0.25, 0.3) is 0 Å². The molecule has 0 radical (unpaired) electrons. The third-order valence-electron chi connectivity index (χ3n) is 0. The van der Waals surface area contributed by atoms with E-state index in [9.17, 15) is 0 Å². The first-order valence-electron chi connectivity index (χ1n) is 0.765. The first-order valence-corrected chi connectivity index (χ1v) is 2.30. The third kappa shape index (κ3) is 2550. The van der Waals surface area contributed by atoms with E-state index in [-0.39, 0.29) is 37.7 Å². The predicted molar refractivity (Wildman–Crippen MR) is 22.1 cm³/mol. The molecule has 0 fully saturated rings. The molecular formula is H6F4LiO4P. The summed E-state index contributed by atoms with van der Waals surface area (Å²) in [4.78, 5) is 22.9. The van der Waals surface area contributed by atoms with Crippen LogP contribution in [0.1, 0.15) is 0 Å². The third-order valence-corrected chi connectivity index (χ3v) is 0. The van der Waals surface area contributed by atoms with Gasteiger partial charge in [-0.1, -0.05) is 0 Å². The van der Waals surface area contributed by atoms with Gasteiger partial charge in [-0.3, -0.25) is 23.4 Å². The quantitative estimate of drug-likeness (QED) is 0.229. The molecule has 64 valence electrons. The molecule has 10 heavy (non-hydrogen) atoms. The first-order chi connectivity index (χ1) is 2.00. The van der Waals surface area contributed by atoms with Crippen LogP contribution in [0.15, 0.2) is 0 Å². The van der Waals surface area contributed by atoms with Crippen LogP contribution in [-0.2, 0) is 4.57 Å². The Bertz CT molecular complexity index is 63.4. The van der Waals surface area contributed by atoms with Gasteiger partial charge >= 0.3 is 18.9 Å². The minimum absolute atomic E-state index is 0. The molecule has 0 saturated carbocycles. The van der Waals surface area contributed by atoms with E-state index in [2.05, 4.69) is 0 Å². The van der Waals surface area contributed by atoms with E-state index in [4.69, 9.17) is 19.2 Å². The zero-order valence-corrected chi connectivity index (χ0v) is 5.69. The second kappa shape index (κ2) is 16.2. The van der Waals surface area contributed by atoms with Crippen LogP contribution in [-0.4, -0.2) is 9.79 Å². The number of halogens is 4. The summed E-state index contributed by atoms with van der Waals surface area (Å²) in [5, 5.41) is 0. The second-order valence-electron chi connectivity index (χ2n) is 0.491. The Kier molecular flexibility index (Phi) is 76.6. The van der Waals surface area contributed by atoms with Crippen molar-refractivity contribution >= 4 is 7.82 Å². The Morgan fingerprint density at radius 3 is 1.00 bits per heavy atom. The minimum atomic E-state index is -4.89. The molecule has 10 heteroatoms. The van der Waals surface area contributed by atoms with Gasteiger partial charge in [0.1, 0.15) is 0 Å². The van der Waals surface area contributed by atoms with Gasteiger partial charge in [0.25, 0.3) is 7.82 Å². The number of phosphoric acid groups is 1. The standard InChI is InChI=1S/4FH.Li.H3O4P/c;;;;;1-5(2,3)4/h4*1H;;(H3,1,2,3,4)/q;;;;+1;/p-1. The van der Waals surface area contributed by atoms with Crippen molar-refractivity contribution in [2.75, 3.05) is 0 Å². The molecule has 0 rings (SSSR count). The maximum Gasteiger partial charge on any atom is 1.00 e. The van der Waals surface area contributed by atoms with Gasteiger partial charge in [-0.05, 0) is 0 Å². The van der Waals surface area contributed by atoms with Gasteiger partial charge in [0, 0.05) is 0 Å². The van der Waals surface area contributed by atoms with Crippen LogP contribution in [0.4, 0.5) is 18.8 Å². The van der Waals surface area contributed by atoms with Crippen molar-refractivity contribution in [2.45, 2.75) is 0 Å². The van der Waals surface area contributed by atoms with Crippen LogP contribution in [0.5, 0.6) is 0 Å². The SMILES string of the molecule is F.F.F.F.O=P([O-])(O)O.[Li+]. The molecule has 4 nitrogen and oxygen atoms in total. The predicted octanol–water partition coefficient (Wildman–Crippen LogP) is -3.95. The van der Waals surface area contributed by atoms with Crippen LogP contribution < -0.4 is 23.8 Å². The maximum absolute atomic E-state index is 8.77. The normalized spacial score (nSPS) is 5.90. The molecule has 0 aliphatic carbocycles. The van der Waals surface area contributed by atoms with Crippen molar-refractivity contribution in [2.24, 2.45) is 0 Å². The molecule has 0 bridgehead atoms. The summed E-state index contributed by atoms with van der Waals surface area (Å²) in [6, 6.07) is 0. The fraction of sp³-hybridized carbons (Fsp3) is 0. The van der Waals surface area contributed by atoms with Crippen molar-refractivity contribution in [3.8, 4) is 0 Å².